The first-order chi connectivity index (χ1) is 15.2. The topological polar surface area (TPSA) is 140 Å². The Morgan fingerprint density at radius 2 is 1.75 bits per heavy atom. The highest BCUT2D eigenvalue weighted by Gasteiger charge is 2.58. The van der Waals surface area contributed by atoms with Gasteiger partial charge in [-0.05, 0) is 42.3 Å². The number of hydrogen-bond donors (Lipinski definition) is 3. The van der Waals surface area contributed by atoms with E-state index in [-0.39, 0.29) is 17.7 Å². The predicted octanol–water partition coefficient (Wildman–Crippen LogP) is 1.79. The molecule has 170 valence electrons. The van der Waals surface area contributed by atoms with Gasteiger partial charge in [-0.2, -0.15) is 4.72 Å². The van der Waals surface area contributed by atoms with Crippen LogP contribution < -0.4 is 14.9 Å². The first-order valence-electron chi connectivity index (χ1n) is 9.86. The molecule has 0 radical (unpaired) electrons. The Labute approximate surface area is 184 Å². The zero-order chi connectivity index (χ0) is 22.9. The fourth-order valence-corrected chi connectivity index (χ4v) is 5.32. The quantitative estimate of drug-likeness (QED) is 0.321. The molecule has 2 atom stereocenters. The molecule has 1 aliphatic heterocycles. The van der Waals surface area contributed by atoms with Crippen LogP contribution in [0, 0.1) is 6.92 Å². The highest BCUT2D eigenvalue weighted by molar-refractivity contribution is 7.89. The van der Waals surface area contributed by atoms with Gasteiger partial charge < -0.3 is 14.2 Å². The Morgan fingerprint density at radius 1 is 1.12 bits per heavy atom. The summed E-state index contributed by atoms with van der Waals surface area (Å²) in [5.74, 6) is -0.487. The van der Waals surface area contributed by atoms with E-state index >= 15 is 0 Å². The third-order valence-electron chi connectivity index (χ3n) is 5.66. The first kappa shape index (κ1) is 22.1. The number of nitrogens with one attached hydrogen (secondary N) is 2. The number of sulfonamides is 1. The van der Waals surface area contributed by atoms with E-state index < -0.39 is 39.8 Å². The summed E-state index contributed by atoms with van der Waals surface area (Å²) in [6, 6.07) is 13.5. The highest BCUT2D eigenvalue weighted by atomic mass is 32.2. The summed E-state index contributed by atoms with van der Waals surface area (Å²) < 4.78 is 44.0. The Bertz CT molecular complexity index is 1120. The molecule has 1 heterocycles. The van der Waals surface area contributed by atoms with Gasteiger partial charge in [-0.3, -0.25) is 10.0 Å². The van der Waals surface area contributed by atoms with Gasteiger partial charge in [-0.1, -0.05) is 24.3 Å². The molecule has 1 saturated heterocycles. The van der Waals surface area contributed by atoms with Crippen LogP contribution in [0.5, 0.6) is 5.75 Å². The molecule has 10 nitrogen and oxygen atoms in total. The lowest BCUT2D eigenvalue weighted by Gasteiger charge is -2.27. The lowest BCUT2D eigenvalue weighted by Crippen LogP contribution is -2.57. The second-order valence-corrected chi connectivity index (χ2v) is 9.47. The van der Waals surface area contributed by atoms with Crippen LogP contribution in [0.1, 0.15) is 24.0 Å². The van der Waals surface area contributed by atoms with E-state index in [4.69, 9.17) is 19.4 Å². The van der Waals surface area contributed by atoms with Gasteiger partial charge in [-0.15, -0.1) is 0 Å². The predicted molar refractivity (Wildman–Crippen MR) is 109 cm³/mol. The summed E-state index contributed by atoms with van der Waals surface area (Å²) in [6.07, 6.45) is -2.80. The first-order valence-corrected chi connectivity index (χ1v) is 11.3. The van der Waals surface area contributed by atoms with Gasteiger partial charge in [-0.25, -0.2) is 18.7 Å². The second kappa shape index (κ2) is 8.41. The van der Waals surface area contributed by atoms with Crippen LogP contribution in [0.15, 0.2) is 53.4 Å². The summed E-state index contributed by atoms with van der Waals surface area (Å²) in [7, 11) is -4.17. The molecule has 2 fully saturated rings. The van der Waals surface area contributed by atoms with Crippen molar-refractivity contribution in [3.8, 4) is 5.75 Å². The Balaban J connectivity index is 1.48. The fraction of sp³-hybridized carbons (Fsp3) is 0.333. The zero-order valence-corrected chi connectivity index (χ0v) is 17.9. The number of carbonyl (C=O) groups excluding carboxylic acids is 2. The summed E-state index contributed by atoms with van der Waals surface area (Å²) in [5.41, 5.74) is 1.85. The van der Waals surface area contributed by atoms with Crippen molar-refractivity contribution in [3.05, 3.63) is 59.7 Å². The van der Waals surface area contributed by atoms with Crippen LogP contribution in [0.4, 0.5) is 4.79 Å². The van der Waals surface area contributed by atoms with Gasteiger partial charge in [0.25, 0.3) is 5.91 Å². The van der Waals surface area contributed by atoms with Gasteiger partial charge in [0.2, 0.25) is 10.0 Å². The maximum Gasteiger partial charge on any atom is 0.509 e. The third kappa shape index (κ3) is 4.27. The van der Waals surface area contributed by atoms with Crippen molar-refractivity contribution in [2.45, 2.75) is 49.0 Å². The second-order valence-electron chi connectivity index (χ2n) is 7.79. The Kier molecular flexibility index (Phi) is 5.80. The monoisotopic (exact) mass is 462 g/mol. The lowest BCUT2D eigenvalue weighted by molar-refractivity contribution is -0.136. The normalized spacial score (nSPS) is 24.4. The average Bonchev–Trinajstić information content (AvgIpc) is 3.26. The minimum atomic E-state index is -4.17. The van der Waals surface area contributed by atoms with Crippen LogP contribution in [0.3, 0.4) is 0 Å². The standard InChI is InChI=1S/C21H22N2O8S/c1-13-4-2-3-5-14(13)12-29-15-6-8-16(9-7-15)32(27,28)23-21(19(24)22-26)10-17-18(11-21)31-20(25)30-17/h2-9,17-18,23,26H,10-12H2,1H3,(H,22,24). The summed E-state index contributed by atoms with van der Waals surface area (Å²) in [5, 5.41) is 9.15. The highest BCUT2D eigenvalue weighted by Crippen LogP contribution is 2.39. The number of benzene rings is 2. The average molecular weight is 462 g/mol. The lowest BCUT2D eigenvalue weighted by atomic mass is 9.98. The maximum atomic E-state index is 13.0. The van der Waals surface area contributed by atoms with Gasteiger partial charge in [0.15, 0.2) is 0 Å². The number of fused-ring (bicyclic) bond motifs is 1. The van der Waals surface area contributed by atoms with Crippen molar-refractivity contribution in [1.29, 1.82) is 0 Å². The van der Waals surface area contributed by atoms with E-state index in [2.05, 4.69) is 4.72 Å². The molecule has 11 heteroatoms. The molecular formula is C21H22N2O8S. The van der Waals surface area contributed by atoms with Crippen molar-refractivity contribution >= 4 is 22.1 Å². The smallest absolute Gasteiger partial charge is 0.489 e. The molecule has 3 N–H and O–H groups in total. The Hall–Kier alpha value is -3.15. The van der Waals surface area contributed by atoms with Crippen LogP contribution in [0.25, 0.3) is 0 Å². The molecule has 1 aliphatic carbocycles. The van der Waals surface area contributed by atoms with Gasteiger partial charge >= 0.3 is 6.16 Å². The van der Waals surface area contributed by atoms with Crippen molar-refractivity contribution in [2.24, 2.45) is 0 Å². The van der Waals surface area contributed by atoms with Crippen molar-refractivity contribution in [1.82, 2.24) is 10.2 Å². The van der Waals surface area contributed by atoms with Crippen molar-refractivity contribution in [3.63, 3.8) is 0 Å². The summed E-state index contributed by atoms with van der Waals surface area (Å²) in [6.45, 7) is 2.31. The van der Waals surface area contributed by atoms with E-state index in [9.17, 15) is 18.0 Å². The van der Waals surface area contributed by atoms with E-state index in [0.29, 0.717) is 12.4 Å². The summed E-state index contributed by atoms with van der Waals surface area (Å²) in [4.78, 5) is 23.5. The zero-order valence-electron chi connectivity index (χ0n) is 17.1. The number of amides is 1. The molecule has 1 amide bonds. The fourth-order valence-electron chi connectivity index (χ4n) is 3.93. The molecular weight excluding hydrogens is 440 g/mol. The van der Waals surface area contributed by atoms with Crippen LogP contribution in [-0.2, 0) is 30.9 Å². The number of hydroxylamine groups is 1. The van der Waals surface area contributed by atoms with Gasteiger partial charge in [0, 0.05) is 12.8 Å². The molecule has 2 aromatic rings. The minimum absolute atomic E-state index is 0.0965. The minimum Gasteiger partial charge on any atom is -0.489 e. The molecule has 32 heavy (non-hydrogen) atoms. The number of ether oxygens (including phenoxy) is 3. The third-order valence-corrected chi connectivity index (χ3v) is 7.22. The number of hydrogen-bond acceptors (Lipinski definition) is 8. The van der Waals surface area contributed by atoms with Crippen LogP contribution >= 0.6 is 0 Å². The largest absolute Gasteiger partial charge is 0.509 e. The molecule has 1 saturated carbocycles. The number of aryl methyl sites for hydroxylation is 1. The van der Waals surface area contributed by atoms with Crippen LogP contribution in [-0.4, -0.2) is 43.4 Å². The molecule has 0 spiro atoms. The summed E-state index contributed by atoms with van der Waals surface area (Å²) >= 11 is 0. The van der Waals surface area contributed by atoms with Gasteiger partial charge in [0.05, 0.1) is 4.90 Å². The Morgan fingerprint density at radius 3 is 2.34 bits per heavy atom. The van der Waals surface area contributed by atoms with E-state index in [1.165, 1.54) is 29.7 Å². The molecule has 2 aromatic carbocycles. The molecule has 2 unspecified atom stereocenters. The number of carbonyl (C=O) groups is 2. The van der Waals surface area contributed by atoms with Crippen molar-refractivity contribution < 1.29 is 37.4 Å². The van der Waals surface area contributed by atoms with E-state index in [1.54, 1.807) is 0 Å². The number of rotatable bonds is 7. The molecule has 0 aromatic heterocycles. The molecule has 4 rings (SSSR count). The molecule has 2 aliphatic rings. The SMILES string of the molecule is Cc1ccccc1COc1ccc(S(=O)(=O)NC2(C(=O)NO)CC3OC(=O)OC3C2)cc1. The maximum absolute atomic E-state index is 13.0. The van der Waals surface area contributed by atoms with Crippen LogP contribution in [0.2, 0.25) is 0 Å². The molecule has 0 bridgehead atoms. The van der Waals surface area contributed by atoms with E-state index in [0.717, 1.165) is 11.1 Å². The van der Waals surface area contributed by atoms with Crippen molar-refractivity contribution in [2.75, 3.05) is 0 Å². The van der Waals surface area contributed by atoms with Gasteiger partial charge in [0.1, 0.15) is 30.1 Å². The van der Waals surface area contributed by atoms with E-state index in [1.807, 2.05) is 31.2 Å².